The molecular weight excluding hydrogens is 463 g/mol. The number of hydrogen-bond donors (Lipinski definition) is 2. The number of hydrogen-bond acceptors (Lipinski definition) is 4. The molecule has 0 aliphatic carbocycles. The lowest BCUT2D eigenvalue weighted by atomic mass is 10.1. The van der Waals surface area contributed by atoms with Crippen molar-refractivity contribution < 1.29 is 41.0 Å². The first-order chi connectivity index (χ1) is 16.1. The number of rotatable bonds is 12. The van der Waals surface area contributed by atoms with Crippen molar-refractivity contribution >= 4 is 11.8 Å². The highest BCUT2D eigenvalue weighted by molar-refractivity contribution is 5.94. The standard InChI is InChI=1S/C23H25F5N2O4/c1-33-19(17(24)11-13-30-21(31)15-6-3-2-4-7-15)8-5-12-29-22(32)16-9-10-20(18(25)14-16)34-23(26,27)28/h2-4,6-7,9-10,14,17,19H,5,8,11-13H2,1H3,(H,29,32)(H,30,31). The van der Waals surface area contributed by atoms with E-state index in [2.05, 4.69) is 15.4 Å². The second-order valence-corrected chi connectivity index (χ2v) is 7.29. The van der Waals surface area contributed by atoms with Gasteiger partial charge in [0.2, 0.25) is 0 Å². The molecule has 0 aliphatic rings. The van der Waals surface area contributed by atoms with Gasteiger partial charge < -0.3 is 20.1 Å². The smallest absolute Gasteiger partial charge is 0.403 e. The van der Waals surface area contributed by atoms with Crippen LogP contribution in [0.5, 0.6) is 5.75 Å². The Labute approximate surface area is 193 Å². The van der Waals surface area contributed by atoms with Crippen molar-refractivity contribution in [1.82, 2.24) is 10.6 Å². The topological polar surface area (TPSA) is 76.7 Å². The van der Waals surface area contributed by atoms with Crippen LogP contribution in [0, 0.1) is 5.82 Å². The molecule has 0 heterocycles. The number of halogens is 5. The molecular formula is C23H25F5N2O4. The number of alkyl halides is 4. The van der Waals surface area contributed by atoms with Crippen LogP contribution in [0.4, 0.5) is 22.0 Å². The van der Waals surface area contributed by atoms with Crippen molar-refractivity contribution in [3.05, 3.63) is 65.5 Å². The van der Waals surface area contributed by atoms with Crippen LogP contribution in [-0.2, 0) is 4.74 Å². The van der Waals surface area contributed by atoms with Crippen molar-refractivity contribution in [1.29, 1.82) is 0 Å². The summed E-state index contributed by atoms with van der Waals surface area (Å²) in [6, 6.07) is 10.9. The summed E-state index contributed by atoms with van der Waals surface area (Å²) in [5.41, 5.74) is 0.284. The molecule has 2 N–H and O–H groups in total. The molecule has 6 nitrogen and oxygen atoms in total. The molecule has 2 rings (SSSR count). The predicted molar refractivity (Wildman–Crippen MR) is 114 cm³/mol. The number of amides is 2. The number of nitrogens with one attached hydrogen (secondary N) is 2. The number of carbonyl (C=O) groups excluding carboxylic acids is 2. The number of methoxy groups -OCH3 is 1. The van der Waals surface area contributed by atoms with Crippen molar-refractivity contribution in [2.45, 2.75) is 37.9 Å². The van der Waals surface area contributed by atoms with Crippen LogP contribution in [0.15, 0.2) is 48.5 Å². The van der Waals surface area contributed by atoms with E-state index in [0.717, 1.165) is 6.07 Å². The summed E-state index contributed by atoms with van der Waals surface area (Å²) in [6.45, 7) is 0.226. The fraction of sp³-hybridized carbons (Fsp3) is 0.391. The molecule has 186 valence electrons. The molecule has 2 aromatic carbocycles. The zero-order chi connectivity index (χ0) is 25.1. The fourth-order valence-electron chi connectivity index (χ4n) is 3.10. The van der Waals surface area contributed by atoms with Gasteiger partial charge in [0, 0.05) is 31.3 Å². The van der Waals surface area contributed by atoms with Gasteiger partial charge in [0.05, 0.1) is 6.10 Å². The Morgan fingerprint density at radius 2 is 1.59 bits per heavy atom. The minimum absolute atomic E-state index is 0.0368. The molecule has 2 aromatic rings. The molecule has 0 fully saturated rings. The minimum atomic E-state index is -5.05. The highest BCUT2D eigenvalue weighted by Gasteiger charge is 2.32. The zero-order valence-corrected chi connectivity index (χ0v) is 18.3. The monoisotopic (exact) mass is 488 g/mol. The van der Waals surface area contributed by atoms with E-state index in [1.54, 1.807) is 30.3 Å². The first kappa shape index (κ1) is 27.0. The summed E-state index contributed by atoms with van der Waals surface area (Å²) in [4.78, 5) is 24.1. The van der Waals surface area contributed by atoms with E-state index in [4.69, 9.17) is 4.74 Å². The molecule has 2 amide bonds. The van der Waals surface area contributed by atoms with E-state index in [0.29, 0.717) is 24.1 Å². The van der Waals surface area contributed by atoms with Crippen molar-refractivity contribution in [2.24, 2.45) is 0 Å². The van der Waals surface area contributed by atoms with Gasteiger partial charge in [-0.25, -0.2) is 8.78 Å². The molecule has 0 spiro atoms. The number of ether oxygens (including phenoxy) is 2. The third-order valence-corrected chi connectivity index (χ3v) is 4.82. The van der Waals surface area contributed by atoms with Gasteiger partial charge in [-0.15, -0.1) is 13.2 Å². The van der Waals surface area contributed by atoms with Crippen molar-refractivity contribution in [3.63, 3.8) is 0 Å². The molecule has 34 heavy (non-hydrogen) atoms. The van der Waals surface area contributed by atoms with Gasteiger partial charge in [0.25, 0.3) is 11.8 Å². The van der Waals surface area contributed by atoms with Crippen LogP contribution in [0.2, 0.25) is 0 Å². The Morgan fingerprint density at radius 1 is 0.941 bits per heavy atom. The van der Waals surface area contributed by atoms with E-state index in [1.807, 2.05) is 0 Å². The summed E-state index contributed by atoms with van der Waals surface area (Å²) in [7, 11) is 1.35. The lowest BCUT2D eigenvalue weighted by Crippen LogP contribution is -2.32. The van der Waals surface area contributed by atoms with Gasteiger partial charge in [-0.3, -0.25) is 9.59 Å². The second kappa shape index (κ2) is 12.9. The highest BCUT2D eigenvalue weighted by Crippen LogP contribution is 2.26. The van der Waals surface area contributed by atoms with Crippen molar-refractivity contribution in [3.8, 4) is 5.75 Å². The van der Waals surface area contributed by atoms with Crippen LogP contribution in [0.3, 0.4) is 0 Å². The normalized spacial score (nSPS) is 13.1. The maximum Gasteiger partial charge on any atom is 0.573 e. The van der Waals surface area contributed by atoms with Gasteiger partial charge in [0.15, 0.2) is 11.6 Å². The molecule has 0 saturated carbocycles. The van der Waals surface area contributed by atoms with Gasteiger partial charge >= 0.3 is 6.36 Å². The third kappa shape index (κ3) is 8.97. The molecule has 2 unspecified atom stereocenters. The van der Waals surface area contributed by atoms with E-state index >= 15 is 0 Å². The van der Waals surface area contributed by atoms with Gasteiger partial charge in [-0.1, -0.05) is 18.2 Å². The van der Waals surface area contributed by atoms with Gasteiger partial charge in [-0.05, 0) is 49.6 Å². The summed E-state index contributed by atoms with van der Waals surface area (Å²) in [5, 5.41) is 5.12. The second-order valence-electron chi connectivity index (χ2n) is 7.29. The first-order valence-electron chi connectivity index (χ1n) is 10.4. The predicted octanol–water partition coefficient (Wildman–Crippen LogP) is 4.41. The molecule has 0 bridgehead atoms. The Bertz CT molecular complexity index is 941. The minimum Gasteiger partial charge on any atom is -0.403 e. The highest BCUT2D eigenvalue weighted by atomic mass is 19.4. The number of carbonyl (C=O) groups is 2. The van der Waals surface area contributed by atoms with Crippen molar-refractivity contribution in [2.75, 3.05) is 20.2 Å². The molecule has 2 atom stereocenters. The van der Waals surface area contributed by atoms with E-state index in [-0.39, 0.29) is 37.4 Å². The Hall–Kier alpha value is -3.21. The molecule has 0 aromatic heterocycles. The SMILES string of the molecule is COC(CCCNC(=O)c1ccc(OC(F)(F)F)c(F)c1)C(F)CCNC(=O)c1ccccc1. The van der Waals surface area contributed by atoms with E-state index in [9.17, 15) is 31.5 Å². The first-order valence-corrected chi connectivity index (χ1v) is 10.4. The lowest BCUT2D eigenvalue weighted by Gasteiger charge is -2.20. The fourth-order valence-corrected chi connectivity index (χ4v) is 3.10. The zero-order valence-electron chi connectivity index (χ0n) is 18.3. The Kier molecular flexibility index (Phi) is 10.2. The summed E-state index contributed by atoms with van der Waals surface area (Å²) in [6.07, 6.45) is -6.54. The van der Waals surface area contributed by atoms with Gasteiger partial charge in [-0.2, -0.15) is 0 Å². The van der Waals surface area contributed by atoms with Gasteiger partial charge in [0.1, 0.15) is 6.17 Å². The van der Waals surface area contributed by atoms with Crippen LogP contribution < -0.4 is 15.4 Å². The summed E-state index contributed by atoms with van der Waals surface area (Å²) in [5.74, 6) is -3.38. The maximum absolute atomic E-state index is 14.5. The van der Waals surface area contributed by atoms with E-state index in [1.165, 1.54) is 7.11 Å². The third-order valence-electron chi connectivity index (χ3n) is 4.82. The van der Waals surface area contributed by atoms with Crippen LogP contribution >= 0.6 is 0 Å². The maximum atomic E-state index is 14.5. The average Bonchev–Trinajstić information content (AvgIpc) is 2.79. The van der Waals surface area contributed by atoms with E-state index < -0.39 is 36.1 Å². The average molecular weight is 488 g/mol. The molecule has 0 aliphatic heterocycles. The Morgan fingerprint density at radius 3 is 2.21 bits per heavy atom. The summed E-state index contributed by atoms with van der Waals surface area (Å²) >= 11 is 0. The van der Waals surface area contributed by atoms with Crippen LogP contribution in [0.1, 0.15) is 40.0 Å². The van der Waals surface area contributed by atoms with Crippen LogP contribution in [0.25, 0.3) is 0 Å². The molecule has 0 saturated heterocycles. The lowest BCUT2D eigenvalue weighted by molar-refractivity contribution is -0.275. The quantitative estimate of drug-likeness (QED) is 0.343. The Balaban J connectivity index is 1.72. The largest absolute Gasteiger partial charge is 0.573 e. The molecule has 11 heteroatoms. The summed E-state index contributed by atoms with van der Waals surface area (Å²) < 4.78 is 73.4. The number of benzene rings is 2. The van der Waals surface area contributed by atoms with Crippen LogP contribution in [-0.4, -0.2) is 50.7 Å². The molecule has 0 radical (unpaired) electrons.